The van der Waals surface area contributed by atoms with E-state index >= 15 is 0 Å². The third-order valence-corrected chi connectivity index (χ3v) is 5.81. The molecule has 178 valence electrons. The lowest BCUT2D eigenvalue weighted by Crippen LogP contribution is -2.13. The molecule has 0 fully saturated rings. The summed E-state index contributed by atoms with van der Waals surface area (Å²) in [5, 5.41) is 3.39. The first-order chi connectivity index (χ1) is 16.9. The molecule has 0 bridgehead atoms. The highest BCUT2D eigenvalue weighted by molar-refractivity contribution is 6.31. The summed E-state index contributed by atoms with van der Waals surface area (Å²) in [7, 11) is 1.59. The Morgan fingerprint density at radius 1 is 0.829 bits per heavy atom. The molecule has 0 saturated heterocycles. The number of ether oxygens (including phenoxy) is 3. The zero-order chi connectivity index (χ0) is 24.8. The number of methoxy groups -OCH3 is 1. The molecule has 0 aliphatic carbocycles. The van der Waals surface area contributed by atoms with Crippen molar-refractivity contribution in [2.24, 2.45) is 0 Å². The third kappa shape index (κ3) is 6.14. The van der Waals surface area contributed by atoms with Gasteiger partial charge < -0.3 is 19.5 Å². The molecular formula is C29H26ClNO4. The van der Waals surface area contributed by atoms with E-state index in [1.165, 1.54) is 5.56 Å². The van der Waals surface area contributed by atoms with Gasteiger partial charge in [0.15, 0.2) is 5.75 Å². The Labute approximate surface area is 210 Å². The molecule has 4 rings (SSSR count). The Morgan fingerprint density at radius 3 is 2.34 bits per heavy atom. The lowest BCUT2D eigenvalue weighted by atomic mass is 10.1. The molecule has 0 spiro atoms. The molecule has 6 heteroatoms. The van der Waals surface area contributed by atoms with E-state index in [1.807, 2.05) is 55.5 Å². The average molecular weight is 488 g/mol. The van der Waals surface area contributed by atoms with Crippen LogP contribution in [-0.2, 0) is 6.61 Å². The maximum absolute atomic E-state index is 13.1. The van der Waals surface area contributed by atoms with Crippen molar-refractivity contribution in [3.05, 3.63) is 112 Å². The minimum absolute atomic E-state index is 0.256. The largest absolute Gasteiger partial charge is 0.496 e. The third-order valence-electron chi connectivity index (χ3n) is 5.58. The molecule has 5 nitrogen and oxygen atoms in total. The molecule has 0 atom stereocenters. The van der Waals surface area contributed by atoms with Gasteiger partial charge in [-0.2, -0.15) is 0 Å². The molecule has 0 unspecified atom stereocenters. The fraction of sp³-hybridized carbons (Fsp3) is 0.138. The molecule has 0 aromatic heterocycles. The molecule has 0 saturated carbocycles. The molecule has 35 heavy (non-hydrogen) atoms. The van der Waals surface area contributed by atoms with Gasteiger partial charge in [-0.3, -0.25) is 4.79 Å². The van der Waals surface area contributed by atoms with Crippen LogP contribution >= 0.6 is 11.6 Å². The minimum atomic E-state index is -0.305. The number of para-hydroxylation sites is 1. The number of halogens is 1. The van der Waals surface area contributed by atoms with Crippen LogP contribution in [0.2, 0.25) is 5.02 Å². The molecule has 0 aliphatic rings. The summed E-state index contributed by atoms with van der Waals surface area (Å²) >= 11 is 6.19. The Kier molecular flexibility index (Phi) is 7.58. The first-order valence-electron chi connectivity index (χ1n) is 11.1. The summed E-state index contributed by atoms with van der Waals surface area (Å²) in [6, 6.07) is 25.6. The summed E-state index contributed by atoms with van der Waals surface area (Å²) in [4.78, 5) is 13.1. The van der Waals surface area contributed by atoms with Crippen molar-refractivity contribution in [2.45, 2.75) is 20.5 Å². The van der Waals surface area contributed by atoms with Gasteiger partial charge in [0.1, 0.15) is 23.9 Å². The zero-order valence-corrected chi connectivity index (χ0v) is 20.6. The summed E-state index contributed by atoms with van der Waals surface area (Å²) in [6.45, 7) is 4.35. The maximum Gasteiger partial charge on any atom is 0.255 e. The lowest BCUT2D eigenvalue weighted by Gasteiger charge is -2.15. The van der Waals surface area contributed by atoms with Crippen molar-refractivity contribution >= 4 is 23.2 Å². The van der Waals surface area contributed by atoms with Gasteiger partial charge >= 0.3 is 0 Å². The number of benzene rings is 4. The van der Waals surface area contributed by atoms with Crippen molar-refractivity contribution in [1.29, 1.82) is 0 Å². The SMILES string of the molecule is COc1ccc(C(=O)Nc2cc(Cl)ccc2Oc2ccccc2)cc1COc1ccc(C)c(C)c1. The van der Waals surface area contributed by atoms with Gasteiger partial charge in [-0.25, -0.2) is 0 Å². The molecule has 0 heterocycles. The number of rotatable bonds is 8. The Morgan fingerprint density at radius 2 is 1.60 bits per heavy atom. The fourth-order valence-electron chi connectivity index (χ4n) is 3.50. The van der Waals surface area contributed by atoms with Gasteiger partial charge in [0.25, 0.3) is 5.91 Å². The summed E-state index contributed by atoms with van der Waals surface area (Å²) in [5.41, 5.74) is 4.03. The standard InChI is InChI=1S/C29H26ClNO4/c1-19-9-12-25(15-20(19)2)34-18-22-16-21(10-13-27(22)33-3)29(32)31-26-17-23(30)11-14-28(26)35-24-7-5-4-6-8-24/h4-17H,18H2,1-3H3,(H,31,32). The molecular weight excluding hydrogens is 462 g/mol. The van der Waals surface area contributed by atoms with Crippen LogP contribution in [0.4, 0.5) is 5.69 Å². The van der Waals surface area contributed by atoms with Gasteiger partial charge in [-0.15, -0.1) is 0 Å². The topological polar surface area (TPSA) is 56.8 Å². The molecule has 1 N–H and O–H groups in total. The zero-order valence-electron chi connectivity index (χ0n) is 19.8. The van der Waals surface area contributed by atoms with E-state index in [0.29, 0.717) is 33.5 Å². The van der Waals surface area contributed by atoms with Crippen molar-refractivity contribution in [2.75, 3.05) is 12.4 Å². The van der Waals surface area contributed by atoms with Crippen molar-refractivity contribution < 1.29 is 19.0 Å². The van der Waals surface area contributed by atoms with Gasteiger partial charge in [0, 0.05) is 16.1 Å². The van der Waals surface area contributed by atoms with Gasteiger partial charge in [-0.1, -0.05) is 35.9 Å². The number of anilines is 1. The predicted molar refractivity (Wildman–Crippen MR) is 139 cm³/mol. The number of carbonyl (C=O) groups is 1. The Bertz CT molecular complexity index is 1340. The molecule has 4 aromatic carbocycles. The van der Waals surface area contributed by atoms with Gasteiger partial charge in [0.2, 0.25) is 0 Å². The first kappa shape index (κ1) is 24.2. The summed E-state index contributed by atoms with van der Waals surface area (Å²) in [6.07, 6.45) is 0. The highest BCUT2D eigenvalue weighted by atomic mass is 35.5. The van der Waals surface area contributed by atoms with Crippen LogP contribution in [-0.4, -0.2) is 13.0 Å². The lowest BCUT2D eigenvalue weighted by molar-refractivity contribution is 0.102. The van der Waals surface area contributed by atoms with Crippen molar-refractivity contribution in [1.82, 2.24) is 0 Å². The van der Waals surface area contributed by atoms with Gasteiger partial charge in [0.05, 0.1) is 12.8 Å². The number of amides is 1. The number of hydrogen-bond acceptors (Lipinski definition) is 4. The van der Waals surface area contributed by atoms with E-state index in [1.54, 1.807) is 43.5 Å². The van der Waals surface area contributed by atoms with Crippen LogP contribution in [0.3, 0.4) is 0 Å². The van der Waals surface area contributed by atoms with Crippen LogP contribution in [0.25, 0.3) is 0 Å². The van der Waals surface area contributed by atoms with Crippen LogP contribution in [0.5, 0.6) is 23.0 Å². The van der Waals surface area contributed by atoms with Gasteiger partial charge in [-0.05, 0) is 85.6 Å². The van der Waals surface area contributed by atoms with Crippen molar-refractivity contribution in [3.8, 4) is 23.0 Å². The maximum atomic E-state index is 13.1. The molecule has 1 amide bonds. The van der Waals surface area contributed by atoms with Crippen molar-refractivity contribution in [3.63, 3.8) is 0 Å². The van der Waals surface area contributed by atoms with Crippen LogP contribution in [0.15, 0.2) is 84.9 Å². The van der Waals surface area contributed by atoms with E-state index in [9.17, 15) is 4.79 Å². The Balaban J connectivity index is 1.54. The fourth-order valence-corrected chi connectivity index (χ4v) is 3.67. The second-order valence-electron chi connectivity index (χ2n) is 8.07. The smallest absolute Gasteiger partial charge is 0.255 e. The van der Waals surface area contributed by atoms with Crippen LogP contribution < -0.4 is 19.5 Å². The number of carbonyl (C=O) groups excluding carboxylic acids is 1. The highest BCUT2D eigenvalue weighted by Gasteiger charge is 2.15. The number of hydrogen-bond donors (Lipinski definition) is 1. The highest BCUT2D eigenvalue weighted by Crippen LogP contribution is 2.33. The predicted octanol–water partition coefficient (Wildman–Crippen LogP) is 7.59. The summed E-state index contributed by atoms with van der Waals surface area (Å²) in [5.74, 6) is 2.23. The van der Waals surface area contributed by atoms with E-state index in [0.717, 1.165) is 16.9 Å². The molecule has 4 aromatic rings. The number of nitrogens with one attached hydrogen (secondary N) is 1. The first-order valence-corrected chi connectivity index (χ1v) is 11.5. The van der Waals surface area contributed by atoms with E-state index < -0.39 is 0 Å². The summed E-state index contributed by atoms with van der Waals surface area (Å²) < 4.78 is 17.4. The average Bonchev–Trinajstić information content (AvgIpc) is 2.86. The minimum Gasteiger partial charge on any atom is -0.496 e. The quantitative estimate of drug-likeness (QED) is 0.278. The molecule has 0 radical (unpaired) electrons. The monoisotopic (exact) mass is 487 g/mol. The van der Waals surface area contributed by atoms with Crippen LogP contribution in [0.1, 0.15) is 27.0 Å². The van der Waals surface area contributed by atoms with E-state index in [-0.39, 0.29) is 12.5 Å². The Hall–Kier alpha value is -3.96. The normalized spacial score (nSPS) is 10.5. The van der Waals surface area contributed by atoms with E-state index in [4.69, 9.17) is 25.8 Å². The molecule has 0 aliphatic heterocycles. The second-order valence-corrected chi connectivity index (χ2v) is 8.51. The van der Waals surface area contributed by atoms with E-state index in [2.05, 4.69) is 12.2 Å². The number of aryl methyl sites for hydroxylation is 2. The van der Waals surface area contributed by atoms with Crippen LogP contribution in [0, 0.1) is 13.8 Å². The second kappa shape index (κ2) is 11.0.